The van der Waals surface area contributed by atoms with Crippen LogP contribution in [0.25, 0.3) is 0 Å². The van der Waals surface area contributed by atoms with Crippen LogP contribution in [0.1, 0.15) is 187 Å². The number of ether oxygens (including phenoxy) is 9. The number of fused-ring (bicyclic) bond motifs is 1. The Morgan fingerprint density at radius 3 is 1.28 bits per heavy atom. The molecule has 2 rings (SSSR count). The van der Waals surface area contributed by atoms with Gasteiger partial charge in [0, 0.05) is 56.4 Å². The second-order valence-corrected chi connectivity index (χ2v) is 25.7. The molecule has 6 N–H and O–H groups in total. The molecule has 88 heavy (non-hydrogen) atoms. The van der Waals surface area contributed by atoms with Crippen molar-refractivity contribution >= 4 is 47.4 Å². The highest BCUT2D eigenvalue weighted by Gasteiger charge is 2.42. The van der Waals surface area contributed by atoms with Crippen molar-refractivity contribution in [3.63, 3.8) is 0 Å². The second kappa shape index (κ2) is 56.4. The summed E-state index contributed by atoms with van der Waals surface area (Å²) in [5.74, 6) is 0.491. The Balaban J connectivity index is 1.24. The number of rotatable bonds is 64. The SMILES string of the molecule is CCCCCCCCCCCCCCCC(C)C(=O)OC(CC(=O)NCCOCCOCCOCCOCCOCCOCCOCCOCCNC(=O)CCCCCNC(=O)CCCCCNC(=O)CCCC[C@@H]1SC[C@@H]2NC(=O)N[C@@H]21)C[N+](C)(C)C. The van der Waals surface area contributed by atoms with Crippen LogP contribution in [0, 0.1) is 5.92 Å². The number of hydrogen-bond acceptors (Lipinski definition) is 16. The van der Waals surface area contributed by atoms with Gasteiger partial charge in [0.25, 0.3) is 0 Å². The van der Waals surface area contributed by atoms with Gasteiger partial charge in [-0.1, -0.05) is 117 Å². The van der Waals surface area contributed by atoms with Crippen molar-refractivity contribution in [1.82, 2.24) is 31.9 Å². The summed E-state index contributed by atoms with van der Waals surface area (Å²) in [6, 6.07) is 0.378. The van der Waals surface area contributed by atoms with Crippen LogP contribution in [-0.2, 0) is 66.6 Å². The highest BCUT2D eigenvalue weighted by molar-refractivity contribution is 8.00. The van der Waals surface area contributed by atoms with Crippen molar-refractivity contribution in [1.29, 1.82) is 0 Å². The van der Waals surface area contributed by atoms with Gasteiger partial charge in [0.2, 0.25) is 23.6 Å². The molecule has 5 atom stereocenters. The summed E-state index contributed by atoms with van der Waals surface area (Å²) in [5.41, 5.74) is 0. The lowest BCUT2D eigenvalue weighted by atomic mass is 10.0. The summed E-state index contributed by atoms with van der Waals surface area (Å²) in [6.45, 7) is 13.7. The van der Waals surface area contributed by atoms with Crippen molar-refractivity contribution in [3.8, 4) is 0 Å². The van der Waals surface area contributed by atoms with Crippen LogP contribution >= 0.6 is 11.8 Å². The lowest BCUT2D eigenvalue weighted by Gasteiger charge is -2.29. The lowest BCUT2D eigenvalue weighted by molar-refractivity contribution is -0.873. The van der Waals surface area contributed by atoms with E-state index < -0.39 is 6.10 Å². The first kappa shape index (κ1) is 80.7. The summed E-state index contributed by atoms with van der Waals surface area (Å²) in [7, 11) is 6.10. The number of urea groups is 1. The Morgan fingerprint density at radius 1 is 0.477 bits per heavy atom. The molecule has 514 valence electrons. The molecule has 0 radical (unpaired) electrons. The van der Waals surface area contributed by atoms with Crippen LogP contribution in [0.4, 0.5) is 4.79 Å². The fourth-order valence-corrected chi connectivity index (χ4v) is 11.8. The van der Waals surface area contributed by atoms with Gasteiger partial charge in [0.05, 0.1) is 151 Å². The first-order valence-electron chi connectivity index (χ1n) is 34.2. The highest BCUT2D eigenvalue weighted by Crippen LogP contribution is 2.33. The predicted molar refractivity (Wildman–Crippen MR) is 346 cm³/mol. The molecule has 0 saturated carbocycles. The minimum atomic E-state index is -0.493. The normalized spacial score (nSPS) is 16.2. The molecule has 2 fully saturated rings. The molecule has 6 amide bonds. The average molecular weight is 1280 g/mol. The smallest absolute Gasteiger partial charge is 0.315 e. The zero-order valence-electron chi connectivity index (χ0n) is 55.5. The molecule has 0 aliphatic carbocycles. The van der Waals surface area contributed by atoms with Crippen molar-refractivity contribution in [3.05, 3.63) is 0 Å². The molecule has 0 aromatic carbocycles. The van der Waals surface area contributed by atoms with E-state index in [0.29, 0.717) is 167 Å². The number of carbonyl (C=O) groups is 6. The monoisotopic (exact) mass is 1270 g/mol. The van der Waals surface area contributed by atoms with E-state index in [-0.39, 0.29) is 60.1 Å². The Labute approximate surface area is 534 Å². The number of quaternary nitrogens is 1. The first-order chi connectivity index (χ1) is 42.8. The van der Waals surface area contributed by atoms with Gasteiger partial charge in [-0.25, -0.2) is 4.79 Å². The van der Waals surface area contributed by atoms with Gasteiger partial charge in [-0.3, -0.25) is 24.0 Å². The van der Waals surface area contributed by atoms with Gasteiger partial charge in [0.15, 0.2) is 6.10 Å². The van der Waals surface area contributed by atoms with Crippen LogP contribution in [0.3, 0.4) is 0 Å². The maximum Gasteiger partial charge on any atom is 0.315 e. The summed E-state index contributed by atoms with van der Waals surface area (Å²) >= 11 is 1.90. The molecule has 0 aromatic heterocycles. The molecule has 0 spiro atoms. The number of nitrogens with zero attached hydrogens (tertiary/aromatic N) is 1. The topological polar surface area (TPSA) is 258 Å². The van der Waals surface area contributed by atoms with Crippen molar-refractivity contribution < 1.29 is 75.9 Å². The van der Waals surface area contributed by atoms with Crippen LogP contribution in [0.15, 0.2) is 0 Å². The van der Waals surface area contributed by atoms with Gasteiger partial charge in [0.1, 0.15) is 6.54 Å². The maximum absolute atomic E-state index is 13.0. The third-order valence-corrected chi connectivity index (χ3v) is 16.7. The van der Waals surface area contributed by atoms with Gasteiger partial charge >= 0.3 is 12.0 Å². The van der Waals surface area contributed by atoms with Crippen LogP contribution in [0.2, 0.25) is 0 Å². The van der Waals surface area contributed by atoms with E-state index in [1.54, 1.807) is 0 Å². The van der Waals surface area contributed by atoms with Crippen molar-refractivity contribution in [2.45, 2.75) is 211 Å². The third-order valence-electron chi connectivity index (χ3n) is 15.2. The van der Waals surface area contributed by atoms with Gasteiger partial charge in [-0.15, -0.1) is 0 Å². The predicted octanol–water partition coefficient (Wildman–Crippen LogP) is 7.56. The number of esters is 1. The van der Waals surface area contributed by atoms with Crippen LogP contribution < -0.4 is 31.9 Å². The average Bonchev–Trinajstić information content (AvgIpc) is 3.01. The van der Waals surface area contributed by atoms with Crippen LogP contribution in [0.5, 0.6) is 0 Å². The standard InChI is InChI=1S/C65H123N7O15S/c1-6-7-8-9-10-11-12-13-14-15-16-17-20-27-55(2)64(77)87-56(53-72(3,4)5)52-62(76)69-35-37-80-39-41-82-43-45-84-47-49-86-51-50-85-48-46-83-44-42-81-40-38-79-36-34-68-61(75)30-22-19-26-32-66-59(73)29-21-18-25-33-67-60(74)31-24-23-28-58-63-57(54-88-58)70-65(78)71-63/h55-58,63H,6-54H2,1-5H3,(H5-,66,67,68,69,70,71,73,74,75,76,78)/p+1/t55?,56?,57-,58-,63-/m0/s1. The summed E-state index contributed by atoms with van der Waals surface area (Å²) in [5, 5.41) is 18.1. The van der Waals surface area contributed by atoms with Gasteiger partial charge in [-0.2, -0.15) is 11.8 Å². The Hall–Kier alpha value is -3.39. The summed E-state index contributed by atoms with van der Waals surface area (Å²) in [6.07, 6.45) is 26.5. The Bertz CT molecular complexity index is 1760. The van der Waals surface area contributed by atoms with E-state index in [1.807, 2.05) is 39.8 Å². The van der Waals surface area contributed by atoms with Crippen molar-refractivity contribution in [2.75, 3.05) is 165 Å². The van der Waals surface area contributed by atoms with E-state index >= 15 is 0 Å². The molecular formula is C65H124N7O15S+. The number of amides is 6. The van der Waals surface area contributed by atoms with E-state index in [1.165, 1.54) is 70.6 Å². The summed E-state index contributed by atoms with van der Waals surface area (Å²) in [4.78, 5) is 73.9. The number of carbonyl (C=O) groups excluding carboxylic acids is 6. The minimum Gasteiger partial charge on any atom is -0.456 e. The second-order valence-electron chi connectivity index (χ2n) is 24.5. The molecule has 0 bridgehead atoms. The molecule has 23 heteroatoms. The van der Waals surface area contributed by atoms with Gasteiger partial charge < -0.3 is 79.0 Å². The Kier molecular flexibility index (Phi) is 51.7. The Morgan fingerprint density at radius 2 is 0.852 bits per heavy atom. The first-order valence-corrected chi connectivity index (χ1v) is 35.2. The van der Waals surface area contributed by atoms with E-state index in [4.69, 9.17) is 42.6 Å². The molecule has 2 aliphatic rings. The minimum absolute atomic E-state index is 0.00996. The molecule has 2 unspecified atom stereocenters. The lowest BCUT2D eigenvalue weighted by Crippen LogP contribution is -2.45. The quantitative estimate of drug-likeness (QED) is 0.0149. The number of nitrogens with one attached hydrogen (secondary N) is 6. The molecule has 2 saturated heterocycles. The number of thioether (sulfide) groups is 1. The van der Waals surface area contributed by atoms with Crippen LogP contribution in [-0.4, -0.2) is 229 Å². The fraction of sp³-hybridized carbons (Fsp3) is 0.908. The maximum atomic E-state index is 13.0. The molecule has 2 heterocycles. The number of unbranched alkanes of at least 4 members (excludes halogenated alkanes) is 17. The highest BCUT2D eigenvalue weighted by atomic mass is 32.2. The molecule has 2 aliphatic heterocycles. The molecular weight excluding hydrogens is 1150 g/mol. The number of likely N-dealkylation sites (N-methyl/N-ethyl adjacent to an activating group) is 1. The molecule has 22 nitrogen and oxygen atoms in total. The zero-order chi connectivity index (χ0) is 63.8. The van der Waals surface area contributed by atoms with Crippen molar-refractivity contribution in [2.24, 2.45) is 5.92 Å². The van der Waals surface area contributed by atoms with E-state index in [2.05, 4.69) is 38.8 Å². The fourth-order valence-electron chi connectivity index (χ4n) is 10.2. The van der Waals surface area contributed by atoms with E-state index in [0.717, 1.165) is 82.8 Å². The zero-order valence-corrected chi connectivity index (χ0v) is 56.3. The van der Waals surface area contributed by atoms with Gasteiger partial charge in [-0.05, 0) is 44.9 Å². The summed E-state index contributed by atoms with van der Waals surface area (Å²) < 4.78 is 51.0. The molecule has 0 aromatic rings. The largest absolute Gasteiger partial charge is 0.456 e. The third kappa shape index (κ3) is 49.3. The number of hydrogen-bond donors (Lipinski definition) is 6. The van der Waals surface area contributed by atoms with E-state index in [9.17, 15) is 28.8 Å².